The largest absolute Gasteiger partial charge is 0.335 e. The predicted octanol–water partition coefficient (Wildman–Crippen LogP) is 2.17. The summed E-state index contributed by atoms with van der Waals surface area (Å²) < 4.78 is 0. The number of urea groups is 1. The first-order chi connectivity index (χ1) is 9.31. The zero-order chi connectivity index (χ0) is 13.1. The van der Waals surface area contributed by atoms with E-state index in [9.17, 15) is 4.79 Å². The third-order valence-corrected chi connectivity index (χ3v) is 4.81. The maximum absolute atomic E-state index is 11.8. The smallest absolute Gasteiger partial charge is 0.315 e. The summed E-state index contributed by atoms with van der Waals surface area (Å²) in [5.74, 6) is 0. The van der Waals surface area contributed by atoms with Gasteiger partial charge >= 0.3 is 6.03 Å². The topological polar surface area (TPSA) is 44.4 Å². The number of amides is 2. The Bertz CT molecular complexity index is 408. The molecule has 0 radical (unpaired) electrons. The summed E-state index contributed by atoms with van der Waals surface area (Å²) in [7, 11) is 0. The van der Waals surface area contributed by atoms with Crippen molar-refractivity contribution >= 4 is 17.4 Å². The second-order valence-corrected chi connectivity index (χ2v) is 6.48. The Hall–Kier alpha value is -1.07. The molecule has 0 aromatic carbocycles. The van der Waals surface area contributed by atoms with E-state index in [1.807, 2.05) is 17.5 Å². The van der Waals surface area contributed by atoms with Crippen molar-refractivity contribution in [2.75, 3.05) is 13.1 Å². The van der Waals surface area contributed by atoms with Crippen LogP contribution in [0.1, 0.15) is 30.6 Å². The number of rotatable bonds is 4. The molecule has 3 rings (SSSR count). The molecule has 1 aromatic rings. The van der Waals surface area contributed by atoms with Gasteiger partial charge in [0.05, 0.1) is 6.54 Å². The maximum Gasteiger partial charge on any atom is 0.315 e. The van der Waals surface area contributed by atoms with E-state index in [0.29, 0.717) is 12.6 Å². The lowest BCUT2D eigenvalue weighted by atomic mass is 10.1. The lowest BCUT2D eigenvalue weighted by Crippen LogP contribution is -2.48. The van der Waals surface area contributed by atoms with E-state index < -0.39 is 0 Å². The first-order valence-electron chi connectivity index (χ1n) is 7.12. The minimum Gasteiger partial charge on any atom is -0.335 e. The molecule has 19 heavy (non-hydrogen) atoms. The summed E-state index contributed by atoms with van der Waals surface area (Å²) in [6.07, 6.45) is 4.92. The molecule has 0 unspecified atom stereocenters. The molecule has 0 spiro atoms. The SMILES string of the molecule is O=C(NCc1cccs1)NC1CCN(C2CC2)CC1. The number of thiophene rings is 1. The van der Waals surface area contributed by atoms with Crippen LogP contribution in [0.3, 0.4) is 0 Å². The average Bonchev–Trinajstić information content (AvgIpc) is 3.14. The zero-order valence-corrected chi connectivity index (χ0v) is 11.9. The van der Waals surface area contributed by atoms with Gasteiger partial charge in [-0.15, -0.1) is 11.3 Å². The van der Waals surface area contributed by atoms with Crippen molar-refractivity contribution in [1.82, 2.24) is 15.5 Å². The van der Waals surface area contributed by atoms with Crippen LogP contribution in [0.15, 0.2) is 17.5 Å². The number of hydrogen-bond acceptors (Lipinski definition) is 3. The van der Waals surface area contributed by atoms with Crippen LogP contribution in [0.4, 0.5) is 4.79 Å². The molecule has 0 bridgehead atoms. The van der Waals surface area contributed by atoms with Crippen LogP contribution in [-0.2, 0) is 6.54 Å². The van der Waals surface area contributed by atoms with Crippen LogP contribution in [0.2, 0.25) is 0 Å². The Morgan fingerprint density at radius 3 is 2.74 bits per heavy atom. The van der Waals surface area contributed by atoms with Crippen molar-refractivity contribution < 1.29 is 4.79 Å². The molecule has 1 aliphatic heterocycles. The highest BCUT2D eigenvalue weighted by molar-refractivity contribution is 7.09. The summed E-state index contributed by atoms with van der Waals surface area (Å²) in [5, 5.41) is 8.04. The molecule has 0 atom stereocenters. The van der Waals surface area contributed by atoms with Gasteiger partial charge in [0.1, 0.15) is 0 Å². The summed E-state index contributed by atoms with van der Waals surface area (Å²) in [5.41, 5.74) is 0. The highest BCUT2D eigenvalue weighted by atomic mass is 32.1. The maximum atomic E-state index is 11.8. The standard InChI is InChI=1S/C14H21N3OS/c18-14(15-10-13-2-1-9-19-13)16-11-5-7-17(8-6-11)12-3-4-12/h1-2,9,11-12H,3-8,10H2,(H2,15,16,18). The van der Waals surface area contributed by atoms with E-state index in [2.05, 4.69) is 15.5 Å². The lowest BCUT2D eigenvalue weighted by Gasteiger charge is -2.32. The van der Waals surface area contributed by atoms with E-state index in [0.717, 1.165) is 32.0 Å². The van der Waals surface area contributed by atoms with Crippen LogP contribution < -0.4 is 10.6 Å². The fourth-order valence-electron chi connectivity index (χ4n) is 2.67. The molecule has 1 saturated carbocycles. The highest BCUT2D eigenvalue weighted by Crippen LogP contribution is 2.29. The summed E-state index contributed by atoms with van der Waals surface area (Å²) in [6, 6.07) is 5.22. The Morgan fingerprint density at radius 2 is 2.11 bits per heavy atom. The highest BCUT2D eigenvalue weighted by Gasteiger charge is 2.31. The molecule has 4 nitrogen and oxygen atoms in total. The van der Waals surface area contributed by atoms with Crippen LogP contribution >= 0.6 is 11.3 Å². The van der Waals surface area contributed by atoms with Gasteiger partial charge in [-0.2, -0.15) is 0 Å². The van der Waals surface area contributed by atoms with Crippen molar-refractivity contribution in [2.45, 2.75) is 44.3 Å². The van der Waals surface area contributed by atoms with Crippen LogP contribution in [0, 0.1) is 0 Å². The molecule has 2 amide bonds. The van der Waals surface area contributed by atoms with Crippen molar-refractivity contribution in [3.63, 3.8) is 0 Å². The van der Waals surface area contributed by atoms with Gasteiger partial charge in [-0.1, -0.05) is 6.07 Å². The van der Waals surface area contributed by atoms with Crippen molar-refractivity contribution in [2.24, 2.45) is 0 Å². The summed E-state index contributed by atoms with van der Waals surface area (Å²) in [4.78, 5) is 15.6. The first kappa shape index (κ1) is 12.9. The number of piperidine rings is 1. The Labute approximate surface area is 118 Å². The van der Waals surface area contributed by atoms with Gasteiger partial charge in [0, 0.05) is 30.1 Å². The van der Waals surface area contributed by atoms with Crippen LogP contribution in [0.5, 0.6) is 0 Å². The molecule has 2 aliphatic rings. The molecule has 1 aromatic heterocycles. The minimum absolute atomic E-state index is 0.0294. The number of carbonyl (C=O) groups is 1. The minimum atomic E-state index is -0.0294. The number of hydrogen-bond donors (Lipinski definition) is 2. The van der Waals surface area contributed by atoms with Crippen molar-refractivity contribution in [3.8, 4) is 0 Å². The lowest BCUT2D eigenvalue weighted by molar-refractivity contribution is 0.186. The third kappa shape index (κ3) is 3.70. The van der Waals surface area contributed by atoms with Crippen LogP contribution in [0.25, 0.3) is 0 Å². The Kier molecular flexibility index (Phi) is 4.03. The number of nitrogens with one attached hydrogen (secondary N) is 2. The quantitative estimate of drug-likeness (QED) is 0.887. The Balaban J connectivity index is 1.35. The van der Waals surface area contributed by atoms with Gasteiger partial charge in [-0.3, -0.25) is 0 Å². The molecule has 5 heteroatoms. The number of carbonyl (C=O) groups excluding carboxylic acids is 1. The number of likely N-dealkylation sites (tertiary alicyclic amines) is 1. The van der Waals surface area contributed by atoms with Gasteiger partial charge in [0.2, 0.25) is 0 Å². The van der Waals surface area contributed by atoms with E-state index >= 15 is 0 Å². The second kappa shape index (κ2) is 5.92. The molecule has 104 valence electrons. The molecule has 1 aliphatic carbocycles. The third-order valence-electron chi connectivity index (χ3n) is 3.93. The first-order valence-corrected chi connectivity index (χ1v) is 8.00. The van der Waals surface area contributed by atoms with E-state index in [4.69, 9.17) is 0 Å². The summed E-state index contributed by atoms with van der Waals surface area (Å²) >= 11 is 1.67. The van der Waals surface area contributed by atoms with Crippen molar-refractivity contribution in [1.29, 1.82) is 0 Å². The molecule has 1 saturated heterocycles. The van der Waals surface area contributed by atoms with Gasteiger partial charge in [-0.25, -0.2) is 4.79 Å². The normalized spacial score (nSPS) is 21.3. The zero-order valence-electron chi connectivity index (χ0n) is 11.1. The molecular weight excluding hydrogens is 258 g/mol. The number of nitrogens with zero attached hydrogens (tertiary/aromatic N) is 1. The van der Waals surface area contributed by atoms with Crippen molar-refractivity contribution in [3.05, 3.63) is 22.4 Å². The molecular formula is C14H21N3OS. The van der Waals surface area contributed by atoms with Gasteiger partial charge in [0.25, 0.3) is 0 Å². The van der Waals surface area contributed by atoms with Gasteiger partial charge in [0.15, 0.2) is 0 Å². The molecule has 2 heterocycles. The fraction of sp³-hybridized carbons (Fsp3) is 0.643. The summed E-state index contributed by atoms with van der Waals surface area (Å²) in [6.45, 7) is 2.91. The van der Waals surface area contributed by atoms with Crippen LogP contribution in [-0.4, -0.2) is 36.1 Å². The Morgan fingerprint density at radius 1 is 1.32 bits per heavy atom. The van der Waals surface area contributed by atoms with E-state index in [-0.39, 0.29) is 6.03 Å². The van der Waals surface area contributed by atoms with E-state index in [1.165, 1.54) is 17.7 Å². The monoisotopic (exact) mass is 279 g/mol. The predicted molar refractivity (Wildman–Crippen MR) is 77.3 cm³/mol. The fourth-order valence-corrected chi connectivity index (χ4v) is 3.31. The van der Waals surface area contributed by atoms with Gasteiger partial charge in [-0.05, 0) is 37.1 Å². The molecule has 2 fully saturated rings. The van der Waals surface area contributed by atoms with E-state index in [1.54, 1.807) is 11.3 Å². The average molecular weight is 279 g/mol. The molecule has 2 N–H and O–H groups in total. The second-order valence-electron chi connectivity index (χ2n) is 5.45. The van der Waals surface area contributed by atoms with Gasteiger partial charge < -0.3 is 15.5 Å².